The van der Waals surface area contributed by atoms with Crippen LogP contribution in [0.5, 0.6) is 0 Å². The summed E-state index contributed by atoms with van der Waals surface area (Å²) < 4.78 is 13.2. The highest BCUT2D eigenvalue weighted by molar-refractivity contribution is 5.76. The van der Waals surface area contributed by atoms with E-state index in [-0.39, 0.29) is 11.9 Å². The molecule has 0 spiro atoms. The van der Waals surface area contributed by atoms with Crippen molar-refractivity contribution in [1.29, 1.82) is 0 Å². The predicted octanol–water partition coefficient (Wildman–Crippen LogP) is 2.03. The van der Waals surface area contributed by atoms with Crippen LogP contribution in [0.1, 0.15) is 24.4 Å². The Morgan fingerprint density at radius 1 is 1.50 bits per heavy atom. The Balaban J connectivity index is 2.66. The van der Waals surface area contributed by atoms with E-state index in [1.807, 2.05) is 6.92 Å². The Hall–Kier alpha value is -1.42. The quantitative estimate of drug-likeness (QED) is 0.728. The normalized spacial score (nSPS) is 13.4. The van der Waals surface area contributed by atoms with Crippen LogP contribution < -0.4 is 5.73 Å². The van der Waals surface area contributed by atoms with E-state index < -0.39 is 0 Å². The van der Waals surface area contributed by atoms with E-state index in [1.165, 1.54) is 6.07 Å². The van der Waals surface area contributed by atoms with Crippen LogP contribution in [0.15, 0.2) is 12.1 Å². The fraction of sp³-hybridized carbons (Fsp3) is 0.300. The van der Waals surface area contributed by atoms with Crippen LogP contribution in [-0.2, 0) is 0 Å². The first kappa shape index (κ1) is 9.15. The molecule has 3 nitrogen and oxygen atoms in total. The van der Waals surface area contributed by atoms with Crippen LogP contribution >= 0.6 is 0 Å². The summed E-state index contributed by atoms with van der Waals surface area (Å²) in [7, 11) is 0. The molecule has 14 heavy (non-hydrogen) atoms. The minimum absolute atomic E-state index is 0.161. The lowest BCUT2D eigenvalue weighted by Gasteiger charge is -1.96. The zero-order valence-corrected chi connectivity index (χ0v) is 8.13. The average Bonchev–Trinajstić information content (AvgIpc) is 2.48. The molecule has 0 saturated heterocycles. The second-order valence-corrected chi connectivity index (χ2v) is 3.53. The summed E-state index contributed by atoms with van der Waals surface area (Å²) in [6.07, 6.45) is 0. The molecule has 1 atom stereocenters. The molecule has 2 rings (SSSR count). The van der Waals surface area contributed by atoms with Crippen molar-refractivity contribution in [1.82, 2.24) is 9.97 Å². The van der Waals surface area contributed by atoms with Gasteiger partial charge in [-0.2, -0.15) is 0 Å². The first-order chi connectivity index (χ1) is 6.58. The lowest BCUT2D eigenvalue weighted by atomic mass is 10.2. The predicted molar refractivity (Wildman–Crippen MR) is 53.4 cm³/mol. The zero-order chi connectivity index (χ0) is 10.3. The van der Waals surface area contributed by atoms with Crippen molar-refractivity contribution in [2.45, 2.75) is 19.9 Å². The molecular weight excluding hydrogens is 181 g/mol. The highest BCUT2D eigenvalue weighted by Crippen LogP contribution is 2.18. The van der Waals surface area contributed by atoms with Crippen LogP contribution in [0.25, 0.3) is 11.0 Å². The van der Waals surface area contributed by atoms with Crippen molar-refractivity contribution in [2.75, 3.05) is 0 Å². The van der Waals surface area contributed by atoms with Gasteiger partial charge in [0, 0.05) is 6.07 Å². The summed E-state index contributed by atoms with van der Waals surface area (Å²) >= 11 is 0. The molecule has 2 aromatic rings. The molecule has 0 aliphatic heterocycles. The van der Waals surface area contributed by atoms with Gasteiger partial charge in [0.05, 0.1) is 17.1 Å². The van der Waals surface area contributed by atoms with Gasteiger partial charge in [-0.05, 0) is 25.5 Å². The number of hydrogen-bond acceptors (Lipinski definition) is 2. The standard InChI is InChI=1S/C10H12FN3/c1-5-3-8-9(4-7(5)11)14-10(13-8)6(2)12/h3-4,6H,12H2,1-2H3,(H,13,14). The van der Waals surface area contributed by atoms with Gasteiger partial charge in [-0.1, -0.05) is 0 Å². The summed E-state index contributed by atoms with van der Waals surface area (Å²) in [5.74, 6) is 0.449. The second-order valence-electron chi connectivity index (χ2n) is 3.53. The smallest absolute Gasteiger partial charge is 0.128 e. The van der Waals surface area contributed by atoms with E-state index in [0.717, 1.165) is 5.52 Å². The number of rotatable bonds is 1. The van der Waals surface area contributed by atoms with Gasteiger partial charge in [-0.15, -0.1) is 0 Å². The van der Waals surface area contributed by atoms with Crippen molar-refractivity contribution >= 4 is 11.0 Å². The Morgan fingerprint density at radius 3 is 2.86 bits per heavy atom. The van der Waals surface area contributed by atoms with Gasteiger partial charge in [0.15, 0.2) is 0 Å². The van der Waals surface area contributed by atoms with Crippen molar-refractivity contribution < 1.29 is 4.39 Å². The molecule has 1 heterocycles. The largest absolute Gasteiger partial charge is 0.341 e. The average molecular weight is 193 g/mol. The zero-order valence-electron chi connectivity index (χ0n) is 8.13. The molecular formula is C10H12FN3. The number of imidazole rings is 1. The number of halogens is 1. The van der Waals surface area contributed by atoms with E-state index in [9.17, 15) is 4.39 Å². The van der Waals surface area contributed by atoms with E-state index in [2.05, 4.69) is 9.97 Å². The number of aromatic nitrogens is 2. The molecule has 4 heteroatoms. The first-order valence-corrected chi connectivity index (χ1v) is 4.49. The molecule has 0 aliphatic rings. The number of hydrogen-bond donors (Lipinski definition) is 2. The minimum atomic E-state index is -0.236. The molecule has 0 radical (unpaired) electrons. The molecule has 74 valence electrons. The Bertz CT molecular complexity index is 434. The molecule has 0 fully saturated rings. The number of benzene rings is 1. The van der Waals surface area contributed by atoms with E-state index in [0.29, 0.717) is 16.9 Å². The summed E-state index contributed by atoms with van der Waals surface area (Å²) in [6.45, 7) is 3.56. The maximum absolute atomic E-state index is 13.2. The number of aromatic amines is 1. The van der Waals surface area contributed by atoms with Crippen LogP contribution in [0.3, 0.4) is 0 Å². The molecule has 1 unspecified atom stereocenters. The van der Waals surface area contributed by atoms with Gasteiger partial charge in [-0.3, -0.25) is 0 Å². The van der Waals surface area contributed by atoms with E-state index >= 15 is 0 Å². The van der Waals surface area contributed by atoms with Crippen molar-refractivity contribution in [2.24, 2.45) is 5.73 Å². The minimum Gasteiger partial charge on any atom is -0.341 e. The Kier molecular flexibility index (Phi) is 2.00. The van der Waals surface area contributed by atoms with Crippen LogP contribution in [0, 0.1) is 12.7 Å². The highest BCUT2D eigenvalue weighted by Gasteiger charge is 2.08. The molecule has 0 bridgehead atoms. The van der Waals surface area contributed by atoms with Gasteiger partial charge in [-0.25, -0.2) is 9.37 Å². The van der Waals surface area contributed by atoms with Gasteiger partial charge >= 0.3 is 0 Å². The number of aryl methyl sites for hydroxylation is 1. The first-order valence-electron chi connectivity index (χ1n) is 4.49. The Morgan fingerprint density at radius 2 is 2.21 bits per heavy atom. The fourth-order valence-electron chi connectivity index (χ4n) is 1.37. The third-order valence-electron chi connectivity index (χ3n) is 2.21. The fourth-order valence-corrected chi connectivity index (χ4v) is 1.37. The SMILES string of the molecule is Cc1cc2[nH]c(C(C)N)nc2cc1F. The van der Waals surface area contributed by atoms with E-state index in [1.54, 1.807) is 13.0 Å². The summed E-state index contributed by atoms with van der Waals surface area (Å²) in [6, 6.07) is 3.00. The second kappa shape index (κ2) is 3.06. The molecule has 0 amide bonds. The third kappa shape index (κ3) is 1.37. The third-order valence-corrected chi connectivity index (χ3v) is 2.21. The van der Waals surface area contributed by atoms with Crippen molar-refractivity contribution in [3.8, 4) is 0 Å². The maximum Gasteiger partial charge on any atom is 0.128 e. The van der Waals surface area contributed by atoms with E-state index in [4.69, 9.17) is 5.73 Å². The van der Waals surface area contributed by atoms with Gasteiger partial charge in [0.1, 0.15) is 11.6 Å². The van der Waals surface area contributed by atoms with Gasteiger partial charge in [0.25, 0.3) is 0 Å². The van der Waals surface area contributed by atoms with Crippen LogP contribution in [0.2, 0.25) is 0 Å². The lowest BCUT2D eigenvalue weighted by Crippen LogP contribution is -2.06. The van der Waals surface area contributed by atoms with Crippen molar-refractivity contribution in [3.05, 3.63) is 29.3 Å². The summed E-state index contributed by atoms with van der Waals surface area (Å²) in [5.41, 5.74) is 7.73. The number of fused-ring (bicyclic) bond motifs is 1. The Labute approximate surface area is 81.1 Å². The lowest BCUT2D eigenvalue weighted by molar-refractivity contribution is 0.620. The van der Waals surface area contributed by atoms with Gasteiger partial charge in [0.2, 0.25) is 0 Å². The monoisotopic (exact) mass is 193 g/mol. The number of nitrogens with zero attached hydrogens (tertiary/aromatic N) is 1. The van der Waals surface area contributed by atoms with Crippen LogP contribution in [-0.4, -0.2) is 9.97 Å². The number of H-pyrrole nitrogens is 1. The molecule has 1 aromatic heterocycles. The summed E-state index contributed by atoms with van der Waals surface area (Å²) in [5, 5.41) is 0. The number of nitrogens with one attached hydrogen (secondary N) is 1. The maximum atomic E-state index is 13.2. The summed E-state index contributed by atoms with van der Waals surface area (Å²) in [4.78, 5) is 7.25. The van der Waals surface area contributed by atoms with Crippen molar-refractivity contribution in [3.63, 3.8) is 0 Å². The highest BCUT2D eigenvalue weighted by atomic mass is 19.1. The topological polar surface area (TPSA) is 54.7 Å². The molecule has 0 aliphatic carbocycles. The molecule has 3 N–H and O–H groups in total. The van der Waals surface area contributed by atoms with Gasteiger partial charge < -0.3 is 10.7 Å². The molecule has 1 aromatic carbocycles. The van der Waals surface area contributed by atoms with Crippen LogP contribution in [0.4, 0.5) is 4.39 Å². The number of nitrogens with two attached hydrogens (primary N) is 1. The molecule has 0 saturated carbocycles.